The van der Waals surface area contributed by atoms with Crippen LogP contribution in [0.15, 0.2) is 59.8 Å². The van der Waals surface area contributed by atoms with Gasteiger partial charge in [-0.05, 0) is 17.7 Å². The van der Waals surface area contributed by atoms with Crippen molar-refractivity contribution in [3.05, 3.63) is 65.7 Å². The maximum atomic E-state index is 12.7. The quantitative estimate of drug-likeness (QED) is 0.747. The molecule has 0 spiro atoms. The van der Waals surface area contributed by atoms with Crippen molar-refractivity contribution in [2.75, 3.05) is 13.7 Å². The van der Waals surface area contributed by atoms with E-state index >= 15 is 0 Å². The normalized spacial score (nSPS) is 16.0. The zero-order chi connectivity index (χ0) is 19.2. The molecule has 2 aromatic rings. The summed E-state index contributed by atoms with van der Waals surface area (Å²) in [5, 5.41) is 4.26. The Balaban J connectivity index is 1.69. The van der Waals surface area contributed by atoms with Crippen molar-refractivity contribution in [3.8, 4) is 5.75 Å². The van der Waals surface area contributed by atoms with Gasteiger partial charge in [0.2, 0.25) is 5.91 Å². The average molecular weight is 366 g/mol. The lowest BCUT2D eigenvalue weighted by Crippen LogP contribution is -2.39. The number of oxime groups is 1. The van der Waals surface area contributed by atoms with Crippen molar-refractivity contribution in [1.29, 1.82) is 0 Å². The van der Waals surface area contributed by atoms with Crippen LogP contribution in [0.1, 0.15) is 31.4 Å². The van der Waals surface area contributed by atoms with Crippen LogP contribution >= 0.6 is 0 Å². The van der Waals surface area contributed by atoms with Gasteiger partial charge < -0.3 is 14.5 Å². The van der Waals surface area contributed by atoms with Gasteiger partial charge in [0.15, 0.2) is 6.10 Å². The average Bonchev–Trinajstić information content (AvgIpc) is 3.16. The van der Waals surface area contributed by atoms with Crippen molar-refractivity contribution >= 4 is 11.6 Å². The number of methoxy groups -OCH3 is 1. The van der Waals surface area contributed by atoms with E-state index in [9.17, 15) is 4.79 Å². The molecule has 1 atom stereocenters. The molecule has 5 nitrogen and oxygen atoms in total. The summed E-state index contributed by atoms with van der Waals surface area (Å²) in [6.45, 7) is 4.93. The van der Waals surface area contributed by atoms with E-state index in [-0.39, 0.29) is 17.9 Å². The topological polar surface area (TPSA) is 51.1 Å². The number of rotatable bonds is 7. The molecule has 0 fully saturated rings. The summed E-state index contributed by atoms with van der Waals surface area (Å²) < 4.78 is 5.42. The Morgan fingerprint density at radius 2 is 1.89 bits per heavy atom. The van der Waals surface area contributed by atoms with Crippen molar-refractivity contribution < 1.29 is 14.4 Å². The van der Waals surface area contributed by atoms with E-state index in [0.717, 1.165) is 22.6 Å². The van der Waals surface area contributed by atoms with Crippen LogP contribution in [0.25, 0.3) is 0 Å². The van der Waals surface area contributed by atoms with Crippen LogP contribution in [0.5, 0.6) is 5.75 Å². The highest BCUT2D eigenvalue weighted by molar-refractivity contribution is 6.03. The summed E-state index contributed by atoms with van der Waals surface area (Å²) >= 11 is 0. The molecule has 0 aromatic heterocycles. The molecule has 1 aliphatic rings. The predicted molar refractivity (Wildman–Crippen MR) is 106 cm³/mol. The second-order valence-electron chi connectivity index (χ2n) is 7.03. The Hall–Kier alpha value is -2.82. The third kappa shape index (κ3) is 4.67. The first-order valence-electron chi connectivity index (χ1n) is 9.27. The SMILES string of the molecule is COc1ccccc1C1=NOC(CN(Cc2ccccc2)C(=O)C(C)C)C1. The van der Waals surface area contributed by atoms with Gasteiger partial charge in [-0.1, -0.05) is 61.5 Å². The lowest BCUT2D eigenvalue weighted by Gasteiger charge is -2.26. The summed E-state index contributed by atoms with van der Waals surface area (Å²) in [6, 6.07) is 17.8. The summed E-state index contributed by atoms with van der Waals surface area (Å²) in [6.07, 6.45) is 0.494. The number of nitrogens with zero attached hydrogens (tertiary/aromatic N) is 2. The van der Waals surface area contributed by atoms with E-state index in [2.05, 4.69) is 5.16 Å². The molecule has 0 radical (unpaired) electrons. The summed E-state index contributed by atoms with van der Waals surface area (Å²) in [7, 11) is 1.65. The monoisotopic (exact) mass is 366 g/mol. The fraction of sp³-hybridized carbons (Fsp3) is 0.364. The van der Waals surface area contributed by atoms with Crippen LogP contribution in [0.2, 0.25) is 0 Å². The molecule has 0 N–H and O–H groups in total. The molecule has 1 amide bonds. The van der Waals surface area contributed by atoms with Crippen LogP contribution < -0.4 is 4.74 Å². The molecule has 0 saturated carbocycles. The maximum Gasteiger partial charge on any atom is 0.225 e. The van der Waals surface area contributed by atoms with Gasteiger partial charge in [0.05, 0.1) is 19.4 Å². The Bertz CT molecular complexity index is 802. The van der Waals surface area contributed by atoms with Crippen LogP contribution in [-0.2, 0) is 16.2 Å². The van der Waals surface area contributed by atoms with Crippen LogP contribution in [0.3, 0.4) is 0 Å². The second-order valence-corrected chi connectivity index (χ2v) is 7.03. The Labute approximate surface area is 160 Å². The van der Waals surface area contributed by atoms with Crippen molar-refractivity contribution in [2.45, 2.75) is 32.9 Å². The zero-order valence-electron chi connectivity index (χ0n) is 16.1. The second kappa shape index (κ2) is 8.71. The van der Waals surface area contributed by atoms with E-state index in [4.69, 9.17) is 9.57 Å². The first kappa shape index (κ1) is 19.0. The molecule has 142 valence electrons. The van der Waals surface area contributed by atoms with E-state index in [1.165, 1.54) is 0 Å². The molecule has 1 aliphatic heterocycles. The van der Waals surface area contributed by atoms with Crippen molar-refractivity contribution in [1.82, 2.24) is 4.90 Å². The van der Waals surface area contributed by atoms with Gasteiger partial charge in [-0.2, -0.15) is 0 Å². The number of carbonyl (C=O) groups is 1. The number of hydrogen-bond acceptors (Lipinski definition) is 4. The third-order valence-corrected chi connectivity index (χ3v) is 4.60. The highest BCUT2D eigenvalue weighted by Gasteiger charge is 2.28. The molecule has 0 aliphatic carbocycles. The largest absolute Gasteiger partial charge is 0.496 e. The molecule has 1 heterocycles. The van der Waals surface area contributed by atoms with Gasteiger partial charge in [0.25, 0.3) is 0 Å². The maximum absolute atomic E-state index is 12.7. The molecule has 2 aromatic carbocycles. The molecule has 27 heavy (non-hydrogen) atoms. The molecular weight excluding hydrogens is 340 g/mol. The van der Waals surface area contributed by atoms with Crippen LogP contribution in [0, 0.1) is 5.92 Å². The Kier molecular flexibility index (Phi) is 6.12. The van der Waals surface area contributed by atoms with E-state index in [1.54, 1.807) is 7.11 Å². The molecule has 1 unspecified atom stereocenters. The smallest absolute Gasteiger partial charge is 0.225 e. The van der Waals surface area contributed by atoms with Crippen LogP contribution in [-0.4, -0.2) is 36.3 Å². The Morgan fingerprint density at radius 3 is 2.59 bits per heavy atom. The van der Waals surface area contributed by atoms with E-state index in [0.29, 0.717) is 19.5 Å². The van der Waals surface area contributed by atoms with Crippen LogP contribution in [0.4, 0.5) is 0 Å². The van der Waals surface area contributed by atoms with Crippen molar-refractivity contribution in [3.63, 3.8) is 0 Å². The van der Waals surface area contributed by atoms with Gasteiger partial charge in [0.1, 0.15) is 5.75 Å². The van der Waals surface area contributed by atoms with Gasteiger partial charge in [-0.25, -0.2) is 0 Å². The number of ether oxygens (including phenoxy) is 1. The zero-order valence-corrected chi connectivity index (χ0v) is 16.1. The first-order valence-corrected chi connectivity index (χ1v) is 9.27. The number of carbonyl (C=O) groups excluding carboxylic acids is 1. The van der Waals surface area contributed by atoms with E-state index < -0.39 is 0 Å². The van der Waals surface area contributed by atoms with Gasteiger partial charge in [0, 0.05) is 24.4 Å². The molecule has 0 bridgehead atoms. The molecule has 0 saturated heterocycles. The lowest BCUT2D eigenvalue weighted by atomic mass is 10.0. The first-order chi connectivity index (χ1) is 13.1. The Morgan fingerprint density at radius 1 is 1.19 bits per heavy atom. The molecule has 3 rings (SSSR count). The van der Waals surface area contributed by atoms with Gasteiger partial charge in [-0.15, -0.1) is 0 Å². The van der Waals surface area contributed by atoms with Gasteiger partial charge >= 0.3 is 0 Å². The van der Waals surface area contributed by atoms with E-state index in [1.807, 2.05) is 73.3 Å². The fourth-order valence-corrected chi connectivity index (χ4v) is 3.22. The van der Waals surface area contributed by atoms with Crippen molar-refractivity contribution in [2.24, 2.45) is 11.1 Å². The third-order valence-electron chi connectivity index (χ3n) is 4.60. The number of para-hydroxylation sites is 1. The highest BCUT2D eigenvalue weighted by atomic mass is 16.6. The lowest BCUT2D eigenvalue weighted by molar-refractivity contribution is -0.136. The summed E-state index contributed by atoms with van der Waals surface area (Å²) in [5.41, 5.74) is 2.90. The highest BCUT2D eigenvalue weighted by Crippen LogP contribution is 2.25. The summed E-state index contributed by atoms with van der Waals surface area (Å²) in [4.78, 5) is 20.2. The minimum atomic E-state index is -0.156. The number of hydrogen-bond donors (Lipinski definition) is 0. The fourth-order valence-electron chi connectivity index (χ4n) is 3.22. The number of benzene rings is 2. The molecule has 5 heteroatoms. The predicted octanol–water partition coefficient (Wildman–Crippen LogP) is 3.87. The van der Waals surface area contributed by atoms with Gasteiger partial charge in [-0.3, -0.25) is 4.79 Å². The summed E-state index contributed by atoms with van der Waals surface area (Å²) in [5.74, 6) is 0.831. The number of amides is 1. The molecular formula is C22H26N2O3. The standard InChI is InChI=1S/C22H26N2O3/c1-16(2)22(25)24(14-17-9-5-4-6-10-17)15-18-13-20(23-27-18)19-11-7-8-12-21(19)26-3/h4-12,16,18H,13-15H2,1-3H3. The minimum Gasteiger partial charge on any atom is -0.496 e. The minimum absolute atomic E-state index is 0.0651.